The molecule has 0 radical (unpaired) electrons. The Morgan fingerprint density at radius 1 is 1.18 bits per heavy atom. The molecule has 0 saturated carbocycles. The van der Waals surface area contributed by atoms with Crippen LogP contribution in [0.2, 0.25) is 0 Å². The quantitative estimate of drug-likeness (QED) is 0.628. The van der Waals surface area contributed by atoms with Crippen LogP contribution in [0.25, 0.3) is 0 Å². The van der Waals surface area contributed by atoms with Gasteiger partial charge in [-0.3, -0.25) is 9.69 Å². The number of benzene rings is 1. The normalized spacial score (nSPS) is 14.0. The van der Waals surface area contributed by atoms with Crippen molar-refractivity contribution >= 4 is 5.91 Å². The van der Waals surface area contributed by atoms with Crippen molar-refractivity contribution in [1.82, 2.24) is 40.6 Å². The highest BCUT2D eigenvalue weighted by Crippen LogP contribution is 2.19. The molecule has 146 valence electrons. The second-order valence-corrected chi connectivity index (χ2v) is 6.70. The van der Waals surface area contributed by atoms with Crippen LogP contribution in [0.4, 0.5) is 0 Å². The smallest absolute Gasteiger partial charge is 0.242 e. The fourth-order valence-electron chi connectivity index (χ4n) is 3.22. The molecule has 4 rings (SSSR count). The van der Waals surface area contributed by atoms with Crippen LogP contribution in [0, 0.1) is 0 Å². The molecule has 0 spiro atoms. The predicted molar refractivity (Wildman–Crippen MR) is 97.6 cm³/mol. The van der Waals surface area contributed by atoms with E-state index >= 15 is 0 Å². The first-order valence-corrected chi connectivity index (χ1v) is 9.33. The van der Waals surface area contributed by atoms with Gasteiger partial charge in [0.15, 0.2) is 5.82 Å². The number of carbonyl (C=O) groups is 1. The summed E-state index contributed by atoms with van der Waals surface area (Å²) in [5.41, 5.74) is 2.72. The van der Waals surface area contributed by atoms with Gasteiger partial charge in [0, 0.05) is 19.5 Å². The van der Waals surface area contributed by atoms with Crippen LogP contribution in [0.15, 0.2) is 28.7 Å². The molecule has 0 unspecified atom stereocenters. The van der Waals surface area contributed by atoms with Crippen molar-refractivity contribution in [3.63, 3.8) is 0 Å². The highest BCUT2D eigenvalue weighted by atomic mass is 16.4. The molecule has 10 nitrogen and oxygen atoms in total. The van der Waals surface area contributed by atoms with Crippen LogP contribution in [0.1, 0.15) is 35.7 Å². The SMILES string of the molecule is CCc1nnc(CNC(=O)Cn2nnnc2CN2CCc3ccccc3C2)o1. The molecule has 3 aromatic rings. The van der Waals surface area contributed by atoms with E-state index in [1.807, 2.05) is 6.92 Å². The number of hydrogen-bond acceptors (Lipinski definition) is 8. The Bertz CT molecular complexity index is 950. The van der Waals surface area contributed by atoms with Crippen molar-refractivity contribution in [3.8, 4) is 0 Å². The third-order valence-corrected chi connectivity index (χ3v) is 4.72. The number of amides is 1. The monoisotopic (exact) mass is 382 g/mol. The summed E-state index contributed by atoms with van der Waals surface area (Å²) in [5, 5.41) is 22.3. The predicted octanol–water partition coefficient (Wildman–Crippen LogP) is 0.493. The van der Waals surface area contributed by atoms with E-state index in [0.29, 0.717) is 30.6 Å². The molecular weight excluding hydrogens is 360 g/mol. The van der Waals surface area contributed by atoms with Gasteiger partial charge in [-0.25, -0.2) is 4.68 Å². The maximum atomic E-state index is 12.2. The molecule has 1 aromatic carbocycles. The summed E-state index contributed by atoms with van der Waals surface area (Å²) >= 11 is 0. The van der Waals surface area contributed by atoms with E-state index in [1.54, 1.807) is 0 Å². The zero-order chi connectivity index (χ0) is 19.3. The number of rotatable bonds is 7. The number of fused-ring (bicyclic) bond motifs is 1. The van der Waals surface area contributed by atoms with Crippen molar-refractivity contribution < 1.29 is 9.21 Å². The Balaban J connectivity index is 1.32. The van der Waals surface area contributed by atoms with E-state index in [1.165, 1.54) is 15.8 Å². The van der Waals surface area contributed by atoms with Crippen LogP contribution in [-0.2, 0) is 43.8 Å². The molecule has 0 atom stereocenters. The van der Waals surface area contributed by atoms with Gasteiger partial charge in [0.1, 0.15) is 6.54 Å². The summed E-state index contributed by atoms with van der Waals surface area (Å²) < 4.78 is 6.91. The topological polar surface area (TPSA) is 115 Å². The maximum Gasteiger partial charge on any atom is 0.242 e. The largest absolute Gasteiger partial charge is 0.423 e. The number of hydrogen-bond donors (Lipinski definition) is 1. The number of nitrogens with one attached hydrogen (secondary N) is 1. The van der Waals surface area contributed by atoms with Gasteiger partial charge in [0.2, 0.25) is 17.7 Å². The molecule has 1 amide bonds. The molecule has 0 bridgehead atoms. The molecular formula is C18H22N8O2. The summed E-state index contributed by atoms with van der Waals surface area (Å²) in [4.78, 5) is 14.5. The lowest BCUT2D eigenvalue weighted by Crippen LogP contribution is -2.33. The van der Waals surface area contributed by atoms with Gasteiger partial charge in [-0.15, -0.1) is 15.3 Å². The van der Waals surface area contributed by atoms with Crippen LogP contribution in [0.5, 0.6) is 0 Å². The number of carbonyl (C=O) groups excluding carboxylic acids is 1. The second-order valence-electron chi connectivity index (χ2n) is 6.70. The molecule has 3 heterocycles. The maximum absolute atomic E-state index is 12.2. The minimum atomic E-state index is -0.214. The highest BCUT2D eigenvalue weighted by molar-refractivity contribution is 5.75. The second kappa shape index (κ2) is 8.26. The van der Waals surface area contributed by atoms with Crippen molar-refractivity contribution in [3.05, 3.63) is 53.0 Å². The Morgan fingerprint density at radius 2 is 2.00 bits per heavy atom. The van der Waals surface area contributed by atoms with Crippen LogP contribution >= 0.6 is 0 Å². The van der Waals surface area contributed by atoms with Crippen molar-refractivity contribution in [2.45, 2.75) is 45.9 Å². The molecule has 10 heteroatoms. The first-order valence-electron chi connectivity index (χ1n) is 9.33. The highest BCUT2D eigenvalue weighted by Gasteiger charge is 2.19. The molecule has 0 fully saturated rings. The number of aryl methyl sites for hydroxylation is 1. The Kier molecular flexibility index (Phi) is 5.38. The van der Waals surface area contributed by atoms with Crippen LogP contribution in [-0.4, -0.2) is 47.8 Å². The van der Waals surface area contributed by atoms with E-state index in [0.717, 1.165) is 19.5 Å². The third kappa shape index (κ3) is 4.22. The van der Waals surface area contributed by atoms with E-state index in [-0.39, 0.29) is 19.0 Å². The molecule has 0 aliphatic carbocycles. The van der Waals surface area contributed by atoms with Gasteiger partial charge in [-0.2, -0.15) is 0 Å². The van der Waals surface area contributed by atoms with Crippen molar-refractivity contribution in [2.24, 2.45) is 0 Å². The Labute approximate surface area is 161 Å². The summed E-state index contributed by atoms with van der Waals surface area (Å²) in [6, 6.07) is 8.46. The molecule has 28 heavy (non-hydrogen) atoms. The van der Waals surface area contributed by atoms with Crippen LogP contribution < -0.4 is 5.32 Å². The minimum Gasteiger partial charge on any atom is -0.423 e. The van der Waals surface area contributed by atoms with Gasteiger partial charge in [-0.05, 0) is 28.0 Å². The van der Waals surface area contributed by atoms with E-state index < -0.39 is 0 Å². The zero-order valence-electron chi connectivity index (χ0n) is 15.7. The fraction of sp³-hybridized carbons (Fsp3) is 0.444. The molecule has 1 aliphatic heterocycles. The van der Waals surface area contributed by atoms with Gasteiger partial charge in [0.25, 0.3) is 0 Å². The number of aromatic nitrogens is 6. The fourth-order valence-corrected chi connectivity index (χ4v) is 3.22. The summed E-state index contributed by atoms with van der Waals surface area (Å²) in [5.74, 6) is 1.39. The molecule has 0 saturated heterocycles. The van der Waals surface area contributed by atoms with Gasteiger partial charge >= 0.3 is 0 Å². The first-order chi connectivity index (χ1) is 13.7. The van der Waals surface area contributed by atoms with Crippen molar-refractivity contribution in [1.29, 1.82) is 0 Å². The average Bonchev–Trinajstić information content (AvgIpc) is 3.36. The van der Waals surface area contributed by atoms with E-state index in [2.05, 4.69) is 60.2 Å². The van der Waals surface area contributed by atoms with Gasteiger partial charge in [0.05, 0.1) is 13.1 Å². The van der Waals surface area contributed by atoms with Crippen molar-refractivity contribution in [2.75, 3.05) is 6.54 Å². The lowest BCUT2D eigenvalue weighted by atomic mass is 10.00. The van der Waals surface area contributed by atoms with Crippen LogP contribution in [0.3, 0.4) is 0 Å². The molecule has 2 aromatic heterocycles. The number of tetrazole rings is 1. The summed E-state index contributed by atoms with van der Waals surface area (Å²) in [6.07, 6.45) is 1.66. The minimum absolute atomic E-state index is 0.0432. The standard InChI is InChI=1S/C18H22N8O2/c1-2-17-21-22-18(28-17)9-19-16(27)12-26-15(20-23-24-26)11-25-8-7-13-5-3-4-6-14(13)10-25/h3-6H,2,7-12H2,1H3,(H,19,27). The van der Waals surface area contributed by atoms with Gasteiger partial charge < -0.3 is 9.73 Å². The Hall–Kier alpha value is -3.14. The summed E-state index contributed by atoms with van der Waals surface area (Å²) in [7, 11) is 0. The van der Waals surface area contributed by atoms with E-state index in [9.17, 15) is 4.79 Å². The molecule has 1 aliphatic rings. The van der Waals surface area contributed by atoms with E-state index in [4.69, 9.17) is 4.42 Å². The Morgan fingerprint density at radius 3 is 2.82 bits per heavy atom. The first kappa shape index (κ1) is 18.2. The number of nitrogens with zero attached hydrogens (tertiary/aromatic N) is 7. The lowest BCUT2D eigenvalue weighted by Gasteiger charge is -2.28. The average molecular weight is 382 g/mol. The lowest BCUT2D eigenvalue weighted by molar-refractivity contribution is -0.122. The third-order valence-electron chi connectivity index (χ3n) is 4.72. The zero-order valence-corrected chi connectivity index (χ0v) is 15.7. The summed E-state index contributed by atoms with van der Waals surface area (Å²) in [6.45, 7) is 4.54. The molecule has 1 N–H and O–H groups in total. The van der Waals surface area contributed by atoms with Gasteiger partial charge in [-0.1, -0.05) is 31.2 Å².